The predicted octanol–water partition coefficient (Wildman–Crippen LogP) is 3.84. The molecule has 3 aromatic rings. The lowest BCUT2D eigenvalue weighted by molar-refractivity contribution is 0.595. The summed E-state index contributed by atoms with van der Waals surface area (Å²) < 4.78 is 6.43. The summed E-state index contributed by atoms with van der Waals surface area (Å²) in [5.41, 5.74) is 6.50. The van der Waals surface area contributed by atoms with E-state index in [2.05, 4.69) is 27.0 Å². The van der Waals surface area contributed by atoms with Crippen molar-refractivity contribution in [1.82, 2.24) is 4.98 Å². The molecule has 1 heterocycles. The molecule has 0 saturated heterocycles. The first kappa shape index (κ1) is 10.4. The van der Waals surface area contributed by atoms with E-state index in [-0.39, 0.29) is 6.01 Å². The van der Waals surface area contributed by atoms with Gasteiger partial charge in [-0.15, -0.1) is 0 Å². The molecule has 2 aromatic carbocycles. The Morgan fingerprint density at radius 2 is 1.82 bits per heavy atom. The number of nitrogens with two attached hydrogens (primary N) is 1. The second-order valence-electron chi connectivity index (χ2n) is 3.70. The second-order valence-corrected chi connectivity index (χ2v) is 4.56. The van der Waals surface area contributed by atoms with Gasteiger partial charge in [-0.2, -0.15) is 0 Å². The molecule has 0 aliphatic rings. The van der Waals surface area contributed by atoms with E-state index < -0.39 is 0 Å². The molecular formula is C13H9BrN2O. The maximum atomic E-state index is 5.50. The Labute approximate surface area is 106 Å². The molecule has 0 fully saturated rings. The number of anilines is 1. The summed E-state index contributed by atoms with van der Waals surface area (Å²) in [6.45, 7) is 0. The lowest BCUT2D eigenvalue weighted by Gasteiger charge is -2.05. The fourth-order valence-electron chi connectivity index (χ4n) is 1.89. The largest absolute Gasteiger partial charge is 0.424 e. The first-order chi connectivity index (χ1) is 8.25. The summed E-state index contributed by atoms with van der Waals surface area (Å²) in [5.74, 6) is 0.686. The Balaban J connectivity index is 2.34. The molecule has 3 nitrogen and oxygen atoms in total. The number of fused-ring (bicyclic) bond motifs is 1. The molecule has 0 aliphatic carbocycles. The third-order valence-electron chi connectivity index (χ3n) is 2.66. The molecule has 0 saturated carbocycles. The molecule has 0 radical (unpaired) electrons. The summed E-state index contributed by atoms with van der Waals surface area (Å²) in [6, 6.07) is 12.3. The number of nitrogens with zero attached hydrogens (tertiary/aromatic N) is 1. The van der Waals surface area contributed by atoms with Crippen molar-refractivity contribution in [3.63, 3.8) is 0 Å². The first-order valence-corrected chi connectivity index (χ1v) is 5.94. The van der Waals surface area contributed by atoms with Gasteiger partial charge in [-0.1, -0.05) is 40.2 Å². The molecule has 4 heteroatoms. The van der Waals surface area contributed by atoms with Gasteiger partial charge in [0.25, 0.3) is 6.01 Å². The average Bonchev–Trinajstić information content (AvgIpc) is 2.77. The minimum atomic E-state index is 0.187. The summed E-state index contributed by atoms with van der Waals surface area (Å²) in [7, 11) is 0. The number of hydrogen-bond donors (Lipinski definition) is 1. The van der Waals surface area contributed by atoms with Crippen LogP contribution in [0.15, 0.2) is 51.5 Å². The van der Waals surface area contributed by atoms with E-state index in [0.717, 1.165) is 20.8 Å². The average molecular weight is 289 g/mol. The van der Waals surface area contributed by atoms with Crippen molar-refractivity contribution in [2.75, 3.05) is 5.73 Å². The van der Waals surface area contributed by atoms with Crippen LogP contribution in [0.25, 0.3) is 22.1 Å². The fourth-order valence-corrected chi connectivity index (χ4v) is 2.37. The van der Waals surface area contributed by atoms with Gasteiger partial charge >= 0.3 is 0 Å². The molecule has 2 N–H and O–H groups in total. The zero-order chi connectivity index (χ0) is 11.8. The second kappa shape index (κ2) is 3.89. The van der Waals surface area contributed by atoms with Crippen molar-refractivity contribution in [3.05, 3.63) is 47.1 Å². The van der Waals surface area contributed by atoms with Crippen molar-refractivity contribution in [2.45, 2.75) is 0 Å². The highest BCUT2D eigenvalue weighted by atomic mass is 79.9. The Bertz CT molecular complexity index is 691. The minimum absolute atomic E-state index is 0.187. The third kappa shape index (κ3) is 1.70. The number of oxazole rings is 1. The van der Waals surface area contributed by atoms with Crippen LogP contribution in [0.5, 0.6) is 0 Å². The van der Waals surface area contributed by atoms with E-state index in [4.69, 9.17) is 10.2 Å². The third-order valence-corrected chi connectivity index (χ3v) is 3.35. The van der Waals surface area contributed by atoms with Crippen molar-refractivity contribution in [2.24, 2.45) is 0 Å². The molecule has 0 aliphatic heterocycles. The van der Waals surface area contributed by atoms with Crippen molar-refractivity contribution in [1.29, 1.82) is 0 Å². The van der Waals surface area contributed by atoms with Gasteiger partial charge in [0.2, 0.25) is 0 Å². The first-order valence-electron chi connectivity index (χ1n) is 5.14. The van der Waals surface area contributed by atoms with Crippen LogP contribution < -0.4 is 5.73 Å². The summed E-state index contributed by atoms with van der Waals surface area (Å²) in [4.78, 5) is 3.92. The number of hydrogen-bond acceptors (Lipinski definition) is 3. The van der Waals surface area contributed by atoms with Gasteiger partial charge in [-0.3, -0.25) is 0 Å². The predicted molar refractivity (Wildman–Crippen MR) is 71.6 cm³/mol. The normalized spacial score (nSPS) is 10.9. The highest BCUT2D eigenvalue weighted by molar-refractivity contribution is 9.10. The smallest absolute Gasteiger partial charge is 0.292 e. The number of nitrogen functional groups attached to an aromatic ring is 1. The van der Waals surface area contributed by atoms with Crippen LogP contribution in [0.1, 0.15) is 0 Å². The number of halogens is 1. The Morgan fingerprint density at radius 3 is 2.53 bits per heavy atom. The quantitative estimate of drug-likeness (QED) is 0.740. The van der Waals surface area contributed by atoms with Crippen LogP contribution in [0.2, 0.25) is 0 Å². The van der Waals surface area contributed by atoms with Crippen LogP contribution in [0, 0.1) is 0 Å². The summed E-state index contributed by atoms with van der Waals surface area (Å²) in [6.07, 6.45) is 1.64. The zero-order valence-electron chi connectivity index (χ0n) is 8.85. The number of aromatic nitrogens is 1. The van der Waals surface area contributed by atoms with Gasteiger partial charge < -0.3 is 10.2 Å². The molecule has 0 unspecified atom stereocenters. The minimum Gasteiger partial charge on any atom is -0.424 e. The molecule has 17 heavy (non-hydrogen) atoms. The molecule has 1 aromatic heterocycles. The van der Waals surface area contributed by atoms with Gasteiger partial charge in [0.05, 0.1) is 6.20 Å². The van der Waals surface area contributed by atoms with Crippen molar-refractivity contribution in [3.8, 4) is 11.3 Å². The fraction of sp³-hybridized carbons (Fsp3) is 0. The van der Waals surface area contributed by atoms with Gasteiger partial charge in [-0.25, -0.2) is 4.98 Å². The maximum absolute atomic E-state index is 5.50. The van der Waals surface area contributed by atoms with Crippen LogP contribution >= 0.6 is 15.9 Å². The number of rotatable bonds is 1. The van der Waals surface area contributed by atoms with E-state index in [1.165, 1.54) is 0 Å². The molecule has 84 valence electrons. The standard InChI is InChI=1S/C13H9BrN2O/c14-11-6-5-10(12-7-16-13(15)17-12)8-3-1-2-4-9(8)11/h1-7H,(H2,15,16). The van der Waals surface area contributed by atoms with Crippen LogP contribution in [0.3, 0.4) is 0 Å². The van der Waals surface area contributed by atoms with Crippen molar-refractivity contribution >= 4 is 32.7 Å². The van der Waals surface area contributed by atoms with Gasteiger partial charge in [0.1, 0.15) is 0 Å². The Morgan fingerprint density at radius 1 is 1.06 bits per heavy atom. The topological polar surface area (TPSA) is 52.0 Å². The monoisotopic (exact) mass is 288 g/mol. The maximum Gasteiger partial charge on any atom is 0.292 e. The lowest BCUT2D eigenvalue weighted by Crippen LogP contribution is -1.81. The van der Waals surface area contributed by atoms with Gasteiger partial charge in [0.15, 0.2) is 5.76 Å². The molecular weight excluding hydrogens is 280 g/mol. The molecule has 0 amide bonds. The molecule has 3 rings (SSSR count). The zero-order valence-corrected chi connectivity index (χ0v) is 10.4. The van der Waals surface area contributed by atoms with Crippen LogP contribution in [-0.4, -0.2) is 4.98 Å². The summed E-state index contributed by atoms with van der Waals surface area (Å²) in [5, 5.41) is 2.25. The highest BCUT2D eigenvalue weighted by Crippen LogP contribution is 2.33. The molecule has 0 atom stereocenters. The van der Waals surface area contributed by atoms with Gasteiger partial charge in [-0.05, 0) is 22.9 Å². The van der Waals surface area contributed by atoms with Gasteiger partial charge in [0, 0.05) is 10.0 Å². The van der Waals surface area contributed by atoms with E-state index in [1.807, 2.05) is 30.3 Å². The molecule has 0 bridgehead atoms. The van der Waals surface area contributed by atoms with Crippen molar-refractivity contribution < 1.29 is 4.42 Å². The van der Waals surface area contributed by atoms with Crippen LogP contribution in [-0.2, 0) is 0 Å². The number of benzene rings is 2. The Hall–Kier alpha value is -1.81. The SMILES string of the molecule is Nc1ncc(-c2ccc(Br)c3ccccc23)o1. The van der Waals surface area contributed by atoms with E-state index in [1.54, 1.807) is 6.20 Å². The highest BCUT2D eigenvalue weighted by Gasteiger charge is 2.09. The van der Waals surface area contributed by atoms with E-state index in [0.29, 0.717) is 5.76 Å². The van der Waals surface area contributed by atoms with E-state index in [9.17, 15) is 0 Å². The summed E-state index contributed by atoms with van der Waals surface area (Å²) >= 11 is 3.54. The lowest BCUT2D eigenvalue weighted by atomic mass is 10.0. The van der Waals surface area contributed by atoms with Crippen LogP contribution in [0.4, 0.5) is 6.01 Å². The van der Waals surface area contributed by atoms with E-state index >= 15 is 0 Å². The molecule has 0 spiro atoms. The Kier molecular flexibility index (Phi) is 2.37.